The Hall–Kier alpha value is -13.1. The maximum Gasteiger partial charge on any atom is 0.135 e. The van der Waals surface area contributed by atoms with Gasteiger partial charge in [-0.15, -0.1) is 34.0 Å². The molecule has 0 unspecified atom stereocenters. The molecule has 17 aromatic carbocycles. The second kappa shape index (κ2) is 26.6. The molecule has 0 atom stereocenters. The topological polar surface area (TPSA) is 26.1 Å². The summed E-state index contributed by atoms with van der Waals surface area (Å²) < 4.78 is 14.0. The summed E-state index contributed by atoms with van der Waals surface area (Å²) in [7, 11) is 0. The third kappa shape index (κ3) is 11.1. The van der Waals surface area contributed by atoms with E-state index in [2.05, 4.69) is 396 Å². The van der Waals surface area contributed by atoms with E-state index in [0.717, 1.165) is 78.8 Å². The Labute approximate surface area is 625 Å². The SMILES string of the molecule is c1ccc(-c2ccc(N(c3ccc4sc5ccccc5c4c3)c3ccc4sc5c(N(c6ccccc6)c6ccccc6)cccc5c4c3)cc2)cc1.c1ccc(N(c2ccccc2)c2cccc3c2sc2ccc(N(c4ccc5oc6ccccc6c5c4)c4cc5ccccc5c5ccccc45)cc23)cc1. The zero-order valence-electron chi connectivity index (χ0n) is 57.4. The molecule has 0 aliphatic heterocycles. The number of thiophene rings is 3. The lowest BCUT2D eigenvalue weighted by atomic mass is 9.98. The summed E-state index contributed by atoms with van der Waals surface area (Å²) >= 11 is 5.57. The number of hydrogen-bond acceptors (Lipinski definition) is 8. The Morgan fingerprint density at radius 2 is 0.538 bits per heavy atom. The van der Waals surface area contributed by atoms with Crippen LogP contribution in [0.3, 0.4) is 0 Å². The summed E-state index contributed by atoms with van der Waals surface area (Å²) in [6, 6.07) is 140. The first-order chi connectivity index (χ1) is 52.6. The molecule has 0 N–H and O–H groups in total. The lowest BCUT2D eigenvalue weighted by Gasteiger charge is -2.28. The number of nitrogens with zero attached hydrogens (tertiary/aromatic N) is 4. The fraction of sp³-hybridized carbons (Fsp3) is 0. The van der Waals surface area contributed by atoms with Crippen LogP contribution in [-0.2, 0) is 0 Å². The molecule has 0 bridgehead atoms. The molecule has 0 radical (unpaired) electrons. The van der Waals surface area contributed by atoms with Crippen molar-refractivity contribution in [1.82, 2.24) is 0 Å². The summed E-state index contributed by atoms with van der Waals surface area (Å²) in [6.45, 7) is 0. The number of benzene rings is 17. The molecule has 4 aromatic heterocycles. The fourth-order valence-corrected chi connectivity index (χ4v) is 19.0. The van der Waals surface area contributed by atoms with Crippen LogP contribution in [0.15, 0.2) is 393 Å². The average Bonchev–Trinajstić information content (AvgIpc) is 1.10. The highest BCUT2D eigenvalue weighted by molar-refractivity contribution is 7.27. The van der Waals surface area contributed by atoms with Crippen LogP contribution >= 0.6 is 34.0 Å². The minimum atomic E-state index is 0.886. The Kier molecular flexibility index (Phi) is 15.7. The molecule has 0 amide bonds. The zero-order valence-corrected chi connectivity index (χ0v) is 59.8. The Bertz CT molecular complexity index is 6770. The second-order valence-electron chi connectivity index (χ2n) is 26.7. The van der Waals surface area contributed by atoms with Gasteiger partial charge >= 0.3 is 0 Å². The Morgan fingerprint density at radius 3 is 1.09 bits per heavy atom. The summed E-state index contributed by atoms with van der Waals surface area (Å²) in [6.07, 6.45) is 0. The zero-order chi connectivity index (χ0) is 70.0. The minimum Gasteiger partial charge on any atom is -0.456 e. The van der Waals surface area contributed by atoms with Gasteiger partial charge in [0.25, 0.3) is 0 Å². The van der Waals surface area contributed by atoms with E-state index in [1.54, 1.807) is 0 Å². The number of hydrogen-bond donors (Lipinski definition) is 0. The minimum absolute atomic E-state index is 0.886. The van der Waals surface area contributed by atoms with E-state index >= 15 is 0 Å². The van der Waals surface area contributed by atoms with Crippen molar-refractivity contribution in [3.63, 3.8) is 0 Å². The van der Waals surface area contributed by atoms with Gasteiger partial charge in [0.2, 0.25) is 0 Å². The van der Waals surface area contributed by atoms with Crippen molar-refractivity contribution < 1.29 is 4.42 Å². The maximum absolute atomic E-state index is 6.30. The molecule has 0 aliphatic carbocycles. The molecule has 21 rings (SSSR count). The van der Waals surface area contributed by atoms with E-state index in [1.165, 1.54) is 105 Å². The molecular formula is C98H64N4OS3. The monoisotopic (exact) mass is 1410 g/mol. The predicted molar refractivity (Wildman–Crippen MR) is 458 cm³/mol. The molecule has 4 heterocycles. The first-order valence-electron chi connectivity index (χ1n) is 35.8. The molecule has 0 saturated heterocycles. The van der Waals surface area contributed by atoms with Crippen molar-refractivity contribution in [2.75, 3.05) is 19.6 Å². The van der Waals surface area contributed by atoms with Crippen molar-refractivity contribution in [3.05, 3.63) is 388 Å². The van der Waals surface area contributed by atoms with Gasteiger partial charge in [0, 0.05) is 118 Å². The second-order valence-corrected chi connectivity index (χ2v) is 29.9. The predicted octanol–water partition coefficient (Wildman–Crippen LogP) is 30.2. The van der Waals surface area contributed by atoms with E-state index in [-0.39, 0.29) is 0 Å². The van der Waals surface area contributed by atoms with Crippen LogP contribution in [0.2, 0.25) is 0 Å². The number of furan rings is 1. The van der Waals surface area contributed by atoms with Crippen LogP contribution in [0.4, 0.5) is 68.2 Å². The lowest BCUT2D eigenvalue weighted by molar-refractivity contribution is 0.669. The van der Waals surface area contributed by atoms with Crippen molar-refractivity contribution in [1.29, 1.82) is 0 Å². The van der Waals surface area contributed by atoms with Crippen LogP contribution < -0.4 is 19.6 Å². The maximum atomic E-state index is 6.30. The average molecular weight is 1410 g/mol. The molecule has 0 aliphatic rings. The molecule has 0 saturated carbocycles. The van der Waals surface area contributed by atoms with Crippen molar-refractivity contribution >= 4 is 206 Å². The van der Waals surface area contributed by atoms with E-state index in [0.29, 0.717) is 0 Å². The van der Waals surface area contributed by atoms with Crippen molar-refractivity contribution in [3.8, 4) is 11.1 Å². The van der Waals surface area contributed by atoms with Crippen LogP contribution in [-0.4, -0.2) is 0 Å². The van der Waals surface area contributed by atoms with Gasteiger partial charge in [0.15, 0.2) is 0 Å². The molecule has 106 heavy (non-hydrogen) atoms. The van der Waals surface area contributed by atoms with E-state index in [4.69, 9.17) is 4.42 Å². The summed E-state index contributed by atoms with van der Waals surface area (Å²) in [5, 5.41) is 14.7. The first kappa shape index (κ1) is 62.7. The number of para-hydroxylation sites is 5. The van der Waals surface area contributed by atoms with Gasteiger partial charge in [0.1, 0.15) is 11.2 Å². The standard InChI is InChI=1S/C50H32N2OS.C48H32N2S2/c1-3-15-34(16-4-1)51(35-17-5-2-6-18-35)45-24-13-23-42-44-32-37(27-29-49(44)54-50(42)45)52(36-26-28-48-43(31-36)41-22-11-12-25-47(41)53-48)46-30-33-14-7-8-19-38(33)39-20-9-10-21-40(39)46;1-4-13-33(14-5-1)34-23-25-37(26-24-34)49(38-27-29-46-42(31-38)40-19-10-11-22-45(40)51-46)39-28-30-47-43(32-39)41-20-12-21-44(48(41)52-47)50(35-15-6-2-7-16-35)36-17-8-3-9-18-36/h1-32H;1-32H. The van der Waals surface area contributed by atoms with Crippen molar-refractivity contribution in [2.24, 2.45) is 0 Å². The lowest BCUT2D eigenvalue weighted by Crippen LogP contribution is -2.10. The summed E-state index contributed by atoms with van der Waals surface area (Å²) in [5.74, 6) is 0. The van der Waals surface area contributed by atoms with E-state index in [1.807, 2.05) is 46.1 Å². The van der Waals surface area contributed by atoms with Gasteiger partial charge in [-0.2, -0.15) is 0 Å². The van der Waals surface area contributed by atoms with Crippen LogP contribution in [0, 0.1) is 0 Å². The van der Waals surface area contributed by atoms with Gasteiger partial charge in [-0.3, -0.25) is 0 Å². The quantitative estimate of drug-likeness (QED) is 0.107. The number of fused-ring (bicyclic) bond motifs is 15. The van der Waals surface area contributed by atoms with Gasteiger partial charge in [-0.25, -0.2) is 0 Å². The van der Waals surface area contributed by atoms with Gasteiger partial charge in [0.05, 0.1) is 26.5 Å². The van der Waals surface area contributed by atoms with E-state index in [9.17, 15) is 0 Å². The largest absolute Gasteiger partial charge is 0.456 e. The van der Waals surface area contributed by atoms with Crippen molar-refractivity contribution in [2.45, 2.75) is 0 Å². The van der Waals surface area contributed by atoms with Gasteiger partial charge in [-0.05, 0) is 191 Å². The molecule has 21 aromatic rings. The molecule has 500 valence electrons. The summed E-state index contributed by atoms with van der Waals surface area (Å²) in [4.78, 5) is 9.59. The highest BCUT2D eigenvalue weighted by Crippen LogP contribution is 2.51. The van der Waals surface area contributed by atoms with Gasteiger partial charge in [-0.1, -0.05) is 224 Å². The highest BCUT2D eigenvalue weighted by Gasteiger charge is 2.25. The Morgan fingerprint density at radius 1 is 0.179 bits per heavy atom. The smallest absolute Gasteiger partial charge is 0.135 e. The Balaban J connectivity index is 0.000000140. The first-order valence-corrected chi connectivity index (χ1v) is 38.2. The van der Waals surface area contributed by atoms with Crippen LogP contribution in [0.1, 0.15) is 0 Å². The highest BCUT2D eigenvalue weighted by atomic mass is 32.1. The summed E-state index contributed by atoms with van der Waals surface area (Å²) in [5.41, 5.74) is 17.8. The fourth-order valence-electron chi connectivity index (χ4n) is 15.6. The molecule has 5 nitrogen and oxygen atoms in total. The number of rotatable bonds is 13. The number of anilines is 12. The molecule has 0 fully saturated rings. The van der Waals surface area contributed by atoms with E-state index < -0.39 is 0 Å². The molecule has 8 heteroatoms. The van der Waals surface area contributed by atoms with Crippen LogP contribution in [0.5, 0.6) is 0 Å². The molecular weight excluding hydrogens is 1350 g/mol. The molecule has 0 spiro atoms. The normalized spacial score (nSPS) is 11.6. The van der Waals surface area contributed by atoms with Gasteiger partial charge < -0.3 is 24.0 Å². The van der Waals surface area contributed by atoms with Crippen LogP contribution in [0.25, 0.3) is 115 Å². The third-order valence-corrected chi connectivity index (χ3v) is 24.0. The third-order valence-electron chi connectivity index (χ3n) is 20.4.